The minimum absolute atomic E-state index is 0.0977. The number of carbonyl (C=O) groups is 1. The number of anilines is 1. The van der Waals surface area contributed by atoms with E-state index in [1.807, 2.05) is 29.6 Å². The Kier molecular flexibility index (Phi) is 5.46. The van der Waals surface area contributed by atoms with E-state index >= 15 is 0 Å². The first kappa shape index (κ1) is 20.0. The Hall–Kier alpha value is -3.31. The van der Waals surface area contributed by atoms with Crippen LogP contribution in [0, 0.1) is 10.1 Å². The molecule has 9 nitrogen and oxygen atoms in total. The Bertz CT molecular complexity index is 1190. The summed E-state index contributed by atoms with van der Waals surface area (Å²) in [4.78, 5) is 27.7. The molecule has 1 aliphatic rings. The highest BCUT2D eigenvalue weighted by molar-refractivity contribution is 9.10. The summed E-state index contributed by atoms with van der Waals surface area (Å²) in [5.74, 6) is -0.376. The minimum Gasteiger partial charge on any atom is -0.269 e. The van der Waals surface area contributed by atoms with Crippen molar-refractivity contribution in [3.8, 4) is 11.3 Å². The van der Waals surface area contributed by atoms with Crippen LogP contribution in [0.15, 0.2) is 73.7 Å². The van der Waals surface area contributed by atoms with Gasteiger partial charge in [-0.25, -0.2) is 4.98 Å². The first-order valence-corrected chi connectivity index (χ1v) is 10.4. The van der Waals surface area contributed by atoms with Crippen LogP contribution in [0.3, 0.4) is 0 Å². The lowest BCUT2D eigenvalue weighted by atomic mass is 10.2. The third-order valence-electron chi connectivity index (χ3n) is 4.24. The summed E-state index contributed by atoms with van der Waals surface area (Å²) in [7, 11) is 0. The van der Waals surface area contributed by atoms with Gasteiger partial charge in [-0.05, 0) is 25.1 Å². The average Bonchev–Trinajstić information content (AvgIpc) is 3.32. The van der Waals surface area contributed by atoms with Crippen molar-refractivity contribution < 1.29 is 9.72 Å². The maximum absolute atomic E-state index is 12.8. The van der Waals surface area contributed by atoms with Crippen LogP contribution in [0.1, 0.15) is 6.92 Å². The lowest BCUT2D eigenvalue weighted by molar-refractivity contribution is -0.384. The fourth-order valence-corrected chi connectivity index (χ4v) is 3.79. The summed E-state index contributed by atoms with van der Waals surface area (Å²) in [6.45, 7) is 1.68. The van der Waals surface area contributed by atoms with Crippen LogP contribution in [0.5, 0.6) is 0 Å². The van der Waals surface area contributed by atoms with E-state index in [2.05, 4.69) is 36.2 Å². The number of amides is 1. The zero-order valence-electron chi connectivity index (χ0n) is 15.5. The zero-order valence-corrected chi connectivity index (χ0v) is 17.9. The quantitative estimate of drug-likeness (QED) is 0.275. The van der Waals surface area contributed by atoms with Gasteiger partial charge in [0.15, 0.2) is 6.04 Å². The van der Waals surface area contributed by atoms with E-state index < -0.39 is 11.0 Å². The summed E-state index contributed by atoms with van der Waals surface area (Å²) < 4.78 is 0.966. The van der Waals surface area contributed by atoms with Gasteiger partial charge in [-0.1, -0.05) is 34.1 Å². The third kappa shape index (κ3) is 4.02. The number of hydrogen-bond acceptors (Lipinski definition) is 8. The molecule has 0 saturated carbocycles. The molecular weight excluding hydrogens is 472 g/mol. The molecule has 1 amide bonds. The van der Waals surface area contributed by atoms with Crippen molar-refractivity contribution in [1.82, 2.24) is 4.98 Å². The maximum Gasteiger partial charge on any atom is 0.282 e. The molecule has 1 aromatic heterocycles. The molecular formula is C19H13BrN6O3S. The highest BCUT2D eigenvalue weighted by atomic mass is 79.9. The summed E-state index contributed by atoms with van der Waals surface area (Å²) in [5.41, 5.74) is 2.32. The number of benzene rings is 2. The van der Waals surface area contributed by atoms with E-state index in [9.17, 15) is 14.9 Å². The first-order chi connectivity index (χ1) is 14.4. The standard InChI is InChI=1S/C19H13BrN6O3S/c1-11-17(23-22-14-3-2-4-15(9-14)26(28)29)18(27)25(24-11)19-21-16(10-30-19)12-5-7-13(20)8-6-12/h2-10,17H,1H3. The van der Waals surface area contributed by atoms with Crippen LogP contribution < -0.4 is 5.01 Å². The van der Waals surface area contributed by atoms with E-state index in [4.69, 9.17) is 0 Å². The van der Waals surface area contributed by atoms with Crippen LogP contribution in [0.2, 0.25) is 0 Å². The Morgan fingerprint density at radius 3 is 2.73 bits per heavy atom. The minimum atomic E-state index is -0.899. The second-order valence-corrected chi connectivity index (χ2v) is 8.06. The average molecular weight is 485 g/mol. The molecule has 0 radical (unpaired) electrons. The molecule has 2 aromatic carbocycles. The number of halogens is 1. The van der Waals surface area contributed by atoms with Gasteiger partial charge in [0.1, 0.15) is 0 Å². The molecule has 0 saturated heterocycles. The van der Waals surface area contributed by atoms with Crippen molar-refractivity contribution in [2.75, 3.05) is 5.01 Å². The van der Waals surface area contributed by atoms with E-state index in [0.29, 0.717) is 10.8 Å². The zero-order chi connectivity index (χ0) is 21.3. The summed E-state index contributed by atoms with van der Waals surface area (Å²) in [6.07, 6.45) is 0. The van der Waals surface area contributed by atoms with Gasteiger partial charge in [-0.2, -0.15) is 20.3 Å². The molecule has 1 unspecified atom stereocenters. The second kappa shape index (κ2) is 8.20. The molecule has 11 heteroatoms. The first-order valence-electron chi connectivity index (χ1n) is 8.68. The molecule has 1 aliphatic heterocycles. The molecule has 0 aliphatic carbocycles. The Morgan fingerprint density at radius 2 is 2.00 bits per heavy atom. The van der Waals surface area contributed by atoms with Gasteiger partial charge in [0.05, 0.1) is 22.0 Å². The van der Waals surface area contributed by atoms with Gasteiger partial charge in [-0.15, -0.1) is 11.3 Å². The number of non-ortho nitro benzene ring substituents is 1. The van der Waals surface area contributed by atoms with Crippen LogP contribution >= 0.6 is 27.3 Å². The summed E-state index contributed by atoms with van der Waals surface area (Å²) in [5, 5.41) is 26.7. The van der Waals surface area contributed by atoms with E-state index in [-0.39, 0.29) is 17.3 Å². The van der Waals surface area contributed by atoms with Crippen LogP contribution in [0.4, 0.5) is 16.5 Å². The molecule has 1 atom stereocenters. The van der Waals surface area contributed by atoms with Crippen LogP contribution in [-0.2, 0) is 4.79 Å². The van der Waals surface area contributed by atoms with Crippen molar-refractivity contribution in [3.05, 3.63) is 68.5 Å². The largest absolute Gasteiger partial charge is 0.282 e. The predicted molar refractivity (Wildman–Crippen MR) is 117 cm³/mol. The van der Waals surface area contributed by atoms with Crippen molar-refractivity contribution in [1.29, 1.82) is 0 Å². The maximum atomic E-state index is 12.8. The fourth-order valence-electron chi connectivity index (χ4n) is 2.73. The Balaban J connectivity index is 1.53. The van der Waals surface area contributed by atoms with Crippen molar-refractivity contribution in [3.63, 3.8) is 0 Å². The molecule has 30 heavy (non-hydrogen) atoms. The smallest absolute Gasteiger partial charge is 0.269 e. The number of hydrogen-bond donors (Lipinski definition) is 0. The molecule has 2 heterocycles. The highest BCUT2D eigenvalue weighted by Crippen LogP contribution is 2.31. The van der Waals surface area contributed by atoms with Gasteiger partial charge in [0.25, 0.3) is 11.6 Å². The van der Waals surface area contributed by atoms with Gasteiger partial charge in [0, 0.05) is 27.5 Å². The number of nitro benzene ring substituents is 1. The van der Waals surface area contributed by atoms with E-state index in [0.717, 1.165) is 15.7 Å². The molecule has 0 N–H and O–H groups in total. The number of nitrogens with zero attached hydrogens (tertiary/aromatic N) is 6. The molecule has 150 valence electrons. The number of hydrazone groups is 1. The number of thiazole rings is 1. The number of aromatic nitrogens is 1. The van der Waals surface area contributed by atoms with E-state index in [1.54, 1.807) is 13.0 Å². The van der Waals surface area contributed by atoms with E-state index in [1.165, 1.54) is 34.5 Å². The van der Waals surface area contributed by atoms with Gasteiger partial charge >= 0.3 is 0 Å². The number of nitro groups is 1. The lowest BCUT2D eigenvalue weighted by Gasteiger charge is -2.08. The molecule has 0 fully saturated rings. The molecule has 0 bridgehead atoms. The SMILES string of the molecule is CC1=NN(c2nc(-c3ccc(Br)cc3)cs2)C(=O)C1N=Nc1cccc([N+](=O)[O-])c1. The number of rotatable bonds is 5. The van der Waals surface area contributed by atoms with Gasteiger partial charge in [-0.3, -0.25) is 14.9 Å². The number of carbonyl (C=O) groups excluding carboxylic acids is 1. The topological polar surface area (TPSA) is 113 Å². The van der Waals surface area contributed by atoms with Crippen molar-refractivity contribution in [2.24, 2.45) is 15.3 Å². The summed E-state index contributed by atoms with van der Waals surface area (Å²) >= 11 is 4.70. The van der Waals surface area contributed by atoms with Gasteiger partial charge < -0.3 is 0 Å². The summed E-state index contributed by atoms with van der Waals surface area (Å²) in [6, 6.07) is 12.5. The fraction of sp³-hybridized carbons (Fsp3) is 0.105. The Morgan fingerprint density at radius 1 is 1.23 bits per heavy atom. The molecule has 3 aromatic rings. The van der Waals surface area contributed by atoms with Crippen LogP contribution in [0.25, 0.3) is 11.3 Å². The third-order valence-corrected chi connectivity index (χ3v) is 5.58. The predicted octanol–water partition coefficient (Wildman–Crippen LogP) is 5.36. The molecule has 4 rings (SSSR count). The van der Waals surface area contributed by atoms with Gasteiger partial charge in [0.2, 0.25) is 5.13 Å². The highest BCUT2D eigenvalue weighted by Gasteiger charge is 2.36. The normalized spacial score (nSPS) is 16.3. The Labute approximate surface area is 183 Å². The monoisotopic (exact) mass is 484 g/mol. The molecule has 0 spiro atoms. The van der Waals surface area contributed by atoms with Crippen molar-refractivity contribution in [2.45, 2.75) is 13.0 Å². The van der Waals surface area contributed by atoms with Crippen LogP contribution in [-0.4, -0.2) is 27.6 Å². The lowest BCUT2D eigenvalue weighted by Crippen LogP contribution is -2.29. The van der Waals surface area contributed by atoms with Crippen molar-refractivity contribution >= 4 is 55.4 Å². The number of azo groups is 1. The second-order valence-electron chi connectivity index (χ2n) is 6.31.